The lowest BCUT2D eigenvalue weighted by atomic mass is 9.93. The van der Waals surface area contributed by atoms with E-state index in [-0.39, 0.29) is 11.9 Å². The Kier molecular flexibility index (Phi) is 4.06. The van der Waals surface area contributed by atoms with E-state index >= 15 is 0 Å². The van der Waals surface area contributed by atoms with Gasteiger partial charge in [-0.3, -0.25) is 4.79 Å². The van der Waals surface area contributed by atoms with Gasteiger partial charge in [-0.1, -0.05) is 12.1 Å². The quantitative estimate of drug-likeness (QED) is 0.882. The van der Waals surface area contributed by atoms with Crippen molar-refractivity contribution in [2.45, 2.75) is 25.3 Å². The first-order valence-electron chi connectivity index (χ1n) is 7.31. The zero-order chi connectivity index (χ0) is 15.4. The van der Waals surface area contributed by atoms with Crippen molar-refractivity contribution in [3.63, 3.8) is 0 Å². The van der Waals surface area contributed by atoms with Gasteiger partial charge in [0.25, 0.3) is 0 Å². The summed E-state index contributed by atoms with van der Waals surface area (Å²) in [7, 11) is 0. The molecule has 3 rings (SSSR count). The van der Waals surface area contributed by atoms with Crippen molar-refractivity contribution in [2.75, 3.05) is 0 Å². The third-order valence-corrected chi connectivity index (χ3v) is 3.81. The highest BCUT2D eigenvalue weighted by Crippen LogP contribution is 2.30. The minimum absolute atomic E-state index is 0.0186. The summed E-state index contributed by atoms with van der Waals surface area (Å²) in [5.41, 5.74) is 2.50. The Balaban J connectivity index is 1.66. The van der Waals surface area contributed by atoms with E-state index in [1.165, 1.54) is 6.08 Å². The van der Waals surface area contributed by atoms with Crippen LogP contribution in [0, 0.1) is 11.3 Å². The van der Waals surface area contributed by atoms with Gasteiger partial charge >= 0.3 is 0 Å². The summed E-state index contributed by atoms with van der Waals surface area (Å²) in [6, 6.07) is 11.2. The number of fused-ring (bicyclic) bond motifs is 1. The Morgan fingerprint density at radius 2 is 2.32 bits per heavy atom. The Hall–Kier alpha value is -2.80. The van der Waals surface area contributed by atoms with Gasteiger partial charge in [0.1, 0.15) is 5.76 Å². The summed E-state index contributed by atoms with van der Waals surface area (Å²) >= 11 is 0. The van der Waals surface area contributed by atoms with Crippen molar-refractivity contribution in [1.29, 1.82) is 5.26 Å². The van der Waals surface area contributed by atoms with Crippen LogP contribution in [0.15, 0.2) is 47.1 Å². The van der Waals surface area contributed by atoms with E-state index in [4.69, 9.17) is 9.68 Å². The lowest BCUT2D eigenvalue weighted by Crippen LogP contribution is -2.28. The van der Waals surface area contributed by atoms with Crippen molar-refractivity contribution in [3.05, 3.63) is 65.1 Å². The molecular formula is C18H16N2O2. The molecule has 0 fully saturated rings. The van der Waals surface area contributed by atoms with E-state index in [0.717, 1.165) is 36.1 Å². The van der Waals surface area contributed by atoms with Crippen molar-refractivity contribution in [1.82, 2.24) is 5.32 Å². The van der Waals surface area contributed by atoms with Gasteiger partial charge in [-0.15, -0.1) is 0 Å². The van der Waals surface area contributed by atoms with E-state index in [1.54, 1.807) is 30.5 Å². The molecule has 0 bridgehead atoms. The average Bonchev–Trinajstić information content (AvgIpc) is 3.03. The molecule has 1 unspecified atom stereocenters. The molecule has 22 heavy (non-hydrogen) atoms. The van der Waals surface area contributed by atoms with Crippen LogP contribution in [0.4, 0.5) is 0 Å². The molecule has 110 valence electrons. The van der Waals surface area contributed by atoms with Gasteiger partial charge < -0.3 is 9.73 Å². The molecule has 0 radical (unpaired) electrons. The fraction of sp³-hybridized carbons (Fsp3) is 0.222. The van der Waals surface area contributed by atoms with Gasteiger partial charge in [0.2, 0.25) is 5.91 Å². The van der Waals surface area contributed by atoms with Gasteiger partial charge in [0.15, 0.2) is 0 Å². The number of carbonyl (C=O) groups excluding carboxylic acids is 1. The molecule has 0 saturated carbocycles. The third kappa shape index (κ3) is 3.09. The molecule has 1 aliphatic rings. The molecule has 4 heteroatoms. The van der Waals surface area contributed by atoms with E-state index in [1.807, 2.05) is 12.1 Å². The minimum Gasteiger partial charge on any atom is -0.469 e. The van der Waals surface area contributed by atoms with E-state index in [0.29, 0.717) is 5.56 Å². The van der Waals surface area contributed by atoms with Crippen molar-refractivity contribution in [3.8, 4) is 6.07 Å². The second-order valence-electron chi connectivity index (χ2n) is 5.32. The summed E-state index contributed by atoms with van der Waals surface area (Å²) in [5.74, 6) is 0.837. The molecule has 1 aromatic heterocycles. The SMILES string of the molecule is N#Cc1cccc(/C=C/C(=O)NC2CCCc3occc32)c1. The molecular weight excluding hydrogens is 276 g/mol. The van der Waals surface area contributed by atoms with Crippen LogP contribution in [0.3, 0.4) is 0 Å². The van der Waals surface area contributed by atoms with Crippen LogP contribution in [0.1, 0.15) is 41.3 Å². The van der Waals surface area contributed by atoms with Crippen LogP contribution in [-0.4, -0.2) is 5.91 Å². The number of rotatable bonds is 3. The largest absolute Gasteiger partial charge is 0.469 e. The summed E-state index contributed by atoms with van der Waals surface area (Å²) in [6.07, 6.45) is 7.78. The fourth-order valence-corrected chi connectivity index (χ4v) is 2.74. The molecule has 1 aromatic carbocycles. The molecule has 1 N–H and O–H groups in total. The predicted molar refractivity (Wildman–Crippen MR) is 82.7 cm³/mol. The maximum absolute atomic E-state index is 12.1. The maximum atomic E-state index is 12.1. The number of nitrogens with one attached hydrogen (secondary N) is 1. The van der Waals surface area contributed by atoms with Crippen molar-refractivity contribution >= 4 is 12.0 Å². The van der Waals surface area contributed by atoms with Crippen LogP contribution in [0.2, 0.25) is 0 Å². The van der Waals surface area contributed by atoms with Crippen molar-refractivity contribution in [2.24, 2.45) is 0 Å². The Morgan fingerprint density at radius 3 is 3.18 bits per heavy atom. The predicted octanol–water partition coefficient (Wildman–Crippen LogP) is 3.36. The number of benzene rings is 1. The number of hydrogen-bond acceptors (Lipinski definition) is 3. The number of hydrogen-bond donors (Lipinski definition) is 1. The molecule has 0 aliphatic heterocycles. The highest BCUT2D eigenvalue weighted by atomic mass is 16.3. The van der Waals surface area contributed by atoms with Gasteiger partial charge in [0.05, 0.1) is 23.9 Å². The van der Waals surface area contributed by atoms with Crippen LogP contribution in [-0.2, 0) is 11.2 Å². The Bertz CT molecular complexity index is 752. The van der Waals surface area contributed by atoms with E-state index in [9.17, 15) is 4.79 Å². The monoisotopic (exact) mass is 292 g/mol. The number of amides is 1. The summed E-state index contributed by atoms with van der Waals surface area (Å²) in [6.45, 7) is 0. The maximum Gasteiger partial charge on any atom is 0.244 e. The number of furan rings is 1. The Morgan fingerprint density at radius 1 is 1.41 bits per heavy atom. The fourth-order valence-electron chi connectivity index (χ4n) is 2.74. The van der Waals surface area contributed by atoms with E-state index in [2.05, 4.69) is 11.4 Å². The first-order chi connectivity index (χ1) is 10.8. The third-order valence-electron chi connectivity index (χ3n) is 3.81. The van der Waals surface area contributed by atoms with Gasteiger partial charge in [-0.25, -0.2) is 0 Å². The molecule has 1 aliphatic carbocycles. The van der Waals surface area contributed by atoms with Gasteiger partial charge in [-0.2, -0.15) is 5.26 Å². The summed E-state index contributed by atoms with van der Waals surface area (Å²) in [4.78, 5) is 12.1. The molecule has 1 atom stereocenters. The molecule has 1 amide bonds. The molecule has 2 aromatic rings. The molecule has 4 nitrogen and oxygen atoms in total. The molecule has 0 spiro atoms. The Labute approximate surface area is 129 Å². The highest BCUT2D eigenvalue weighted by molar-refractivity contribution is 5.92. The normalized spacial score (nSPS) is 17.0. The zero-order valence-electron chi connectivity index (χ0n) is 12.1. The second-order valence-corrected chi connectivity index (χ2v) is 5.32. The lowest BCUT2D eigenvalue weighted by Gasteiger charge is -2.21. The zero-order valence-corrected chi connectivity index (χ0v) is 12.1. The van der Waals surface area contributed by atoms with Crippen LogP contribution in [0.25, 0.3) is 6.08 Å². The number of aryl methyl sites for hydroxylation is 1. The van der Waals surface area contributed by atoms with Gasteiger partial charge in [0, 0.05) is 18.1 Å². The van der Waals surface area contributed by atoms with E-state index < -0.39 is 0 Å². The van der Waals surface area contributed by atoms with Crippen molar-refractivity contribution < 1.29 is 9.21 Å². The van der Waals surface area contributed by atoms with Gasteiger partial charge in [-0.05, 0) is 42.7 Å². The number of nitriles is 1. The second kappa shape index (κ2) is 6.31. The topological polar surface area (TPSA) is 66.0 Å². The first-order valence-corrected chi connectivity index (χ1v) is 7.31. The number of nitrogens with zero attached hydrogens (tertiary/aromatic N) is 1. The van der Waals surface area contributed by atoms with Crippen LogP contribution >= 0.6 is 0 Å². The first kappa shape index (κ1) is 14.2. The summed E-state index contributed by atoms with van der Waals surface area (Å²) < 4.78 is 5.42. The highest BCUT2D eigenvalue weighted by Gasteiger charge is 2.23. The standard InChI is InChI=1S/C18H16N2O2/c19-12-14-4-1-3-13(11-14)7-8-18(21)20-16-5-2-6-17-15(16)9-10-22-17/h1,3-4,7-11,16H,2,5-6H2,(H,20,21)/b8-7+. The summed E-state index contributed by atoms with van der Waals surface area (Å²) in [5, 5.41) is 11.9. The minimum atomic E-state index is -0.138. The smallest absolute Gasteiger partial charge is 0.244 e. The molecule has 1 heterocycles. The molecule has 0 saturated heterocycles. The average molecular weight is 292 g/mol. The van der Waals surface area contributed by atoms with Crippen LogP contribution in [0.5, 0.6) is 0 Å². The number of carbonyl (C=O) groups is 1. The van der Waals surface area contributed by atoms with Crippen LogP contribution < -0.4 is 5.32 Å². The lowest BCUT2D eigenvalue weighted by molar-refractivity contribution is -0.117.